The molecule has 0 amide bonds. The lowest BCUT2D eigenvalue weighted by Gasteiger charge is -2.21. The van der Waals surface area contributed by atoms with Gasteiger partial charge >= 0.3 is 5.69 Å². The zero-order valence-corrected chi connectivity index (χ0v) is 17.2. The Hall–Kier alpha value is -2.08. The van der Waals surface area contributed by atoms with Crippen molar-refractivity contribution in [2.24, 2.45) is 12.8 Å². The largest absolute Gasteiger partial charge is 0.386 e. The maximum atomic E-state index is 12.9. The molecule has 4 rings (SSSR count). The van der Waals surface area contributed by atoms with Crippen molar-refractivity contribution in [1.29, 1.82) is 0 Å². The van der Waals surface area contributed by atoms with E-state index in [1.807, 2.05) is 54.0 Å². The number of imidazole rings is 1. The van der Waals surface area contributed by atoms with Gasteiger partial charge in [0.2, 0.25) is 0 Å². The molecule has 2 atom stereocenters. The number of nitrogens with two attached hydrogens (primary N) is 1. The summed E-state index contributed by atoms with van der Waals surface area (Å²) in [5.74, 6) is 0. The third-order valence-electron chi connectivity index (χ3n) is 5.91. The van der Waals surface area contributed by atoms with Crippen molar-refractivity contribution in [2.75, 3.05) is 0 Å². The Morgan fingerprint density at radius 3 is 2.50 bits per heavy atom. The number of hydrogen-bond acceptors (Lipinski definition) is 3. The molecule has 1 heterocycles. The molecule has 6 heteroatoms. The minimum absolute atomic E-state index is 0. The Morgan fingerprint density at radius 1 is 1.14 bits per heavy atom. The van der Waals surface area contributed by atoms with E-state index < -0.39 is 12.1 Å². The van der Waals surface area contributed by atoms with Gasteiger partial charge in [-0.05, 0) is 31.4 Å². The van der Waals surface area contributed by atoms with Crippen molar-refractivity contribution in [1.82, 2.24) is 9.13 Å². The first-order chi connectivity index (χ1) is 13.0. The molecule has 1 saturated carbocycles. The van der Waals surface area contributed by atoms with Crippen molar-refractivity contribution in [3.63, 3.8) is 0 Å². The number of nitrogens with zero attached hydrogens (tertiary/aromatic N) is 2. The molecule has 0 saturated heterocycles. The fraction of sp³-hybridized carbons (Fsp3) is 0.409. The third-order valence-corrected chi connectivity index (χ3v) is 5.91. The smallest absolute Gasteiger partial charge is 0.329 e. The highest BCUT2D eigenvalue weighted by Gasteiger charge is 2.27. The first-order valence-corrected chi connectivity index (χ1v) is 9.69. The molecule has 2 aromatic carbocycles. The van der Waals surface area contributed by atoms with E-state index >= 15 is 0 Å². The Balaban J connectivity index is 0.00000225. The Bertz CT molecular complexity index is 1030. The molecule has 1 fully saturated rings. The highest BCUT2D eigenvalue weighted by molar-refractivity contribution is 5.85. The van der Waals surface area contributed by atoms with Crippen molar-refractivity contribution in [2.45, 2.75) is 50.8 Å². The Kier molecular flexibility index (Phi) is 5.98. The van der Waals surface area contributed by atoms with Gasteiger partial charge in [0.05, 0.1) is 17.1 Å². The fourth-order valence-electron chi connectivity index (χ4n) is 4.48. The highest BCUT2D eigenvalue weighted by Crippen LogP contribution is 2.35. The second kappa shape index (κ2) is 8.11. The lowest BCUT2D eigenvalue weighted by molar-refractivity contribution is 0.148. The summed E-state index contributed by atoms with van der Waals surface area (Å²) in [6, 6.07) is 13.3. The lowest BCUT2D eigenvalue weighted by atomic mass is 9.94. The molecular weight excluding hydrogens is 374 g/mol. The number of benzene rings is 2. The summed E-state index contributed by atoms with van der Waals surface area (Å²) in [5.41, 5.74) is 10.8. The standard InChI is InChI=1S/C22H27N3O2.ClH/c1-14-7-5-8-15(13-14)19(23)21(26)17-11-6-12-18-20(17)24(2)22(27)25(18)16-9-3-4-10-16;/h5-8,11-13,16,19,21,26H,3-4,9-10,23H2,1-2H3;1H. The number of hydrogen-bond donors (Lipinski definition) is 2. The SMILES string of the molecule is Cc1cccc(C(N)C(O)c2cccc3c2n(C)c(=O)n3C2CCCC2)c1.Cl. The van der Waals surface area contributed by atoms with Gasteiger partial charge in [-0.3, -0.25) is 9.13 Å². The minimum atomic E-state index is -0.888. The number of fused-ring (bicyclic) bond motifs is 1. The molecule has 1 aliphatic carbocycles. The van der Waals surface area contributed by atoms with Crippen LogP contribution in [0.25, 0.3) is 11.0 Å². The van der Waals surface area contributed by atoms with Gasteiger partial charge in [-0.25, -0.2) is 4.79 Å². The molecule has 28 heavy (non-hydrogen) atoms. The quantitative estimate of drug-likeness (QED) is 0.695. The zero-order valence-electron chi connectivity index (χ0n) is 16.3. The van der Waals surface area contributed by atoms with Crippen LogP contribution in [0, 0.1) is 6.92 Å². The van der Waals surface area contributed by atoms with Gasteiger partial charge in [-0.1, -0.05) is 54.8 Å². The van der Waals surface area contributed by atoms with Crippen molar-refractivity contribution in [3.8, 4) is 0 Å². The van der Waals surface area contributed by atoms with Crippen LogP contribution in [0.2, 0.25) is 0 Å². The average Bonchev–Trinajstić information content (AvgIpc) is 3.28. The number of aliphatic hydroxyl groups excluding tert-OH is 1. The van der Waals surface area contributed by atoms with Crippen molar-refractivity contribution >= 4 is 23.4 Å². The molecule has 150 valence electrons. The number of aliphatic hydroxyl groups is 1. The summed E-state index contributed by atoms with van der Waals surface area (Å²) >= 11 is 0. The zero-order chi connectivity index (χ0) is 19.1. The van der Waals surface area contributed by atoms with E-state index in [4.69, 9.17) is 5.73 Å². The predicted octanol–water partition coefficient (Wildman–Crippen LogP) is 3.92. The molecule has 2 unspecified atom stereocenters. The van der Waals surface area contributed by atoms with Gasteiger partial charge in [0.1, 0.15) is 6.10 Å². The van der Waals surface area contributed by atoms with E-state index in [2.05, 4.69) is 0 Å². The molecule has 1 aromatic heterocycles. The lowest BCUT2D eigenvalue weighted by Crippen LogP contribution is -2.25. The summed E-state index contributed by atoms with van der Waals surface area (Å²) in [7, 11) is 1.78. The first kappa shape index (κ1) is 20.6. The normalized spacial score (nSPS) is 16.9. The maximum absolute atomic E-state index is 12.9. The number of aryl methyl sites for hydroxylation is 2. The van der Waals surface area contributed by atoms with Crippen molar-refractivity contribution < 1.29 is 5.11 Å². The summed E-state index contributed by atoms with van der Waals surface area (Å²) in [6.45, 7) is 2.01. The first-order valence-electron chi connectivity index (χ1n) is 9.69. The summed E-state index contributed by atoms with van der Waals surface area (Å²) in [6.07, 6.45) is 3.51. The van der Waals surface area contributed by atoms with E-state index in [9.17, 15) is 9.90 Å². The molecule has 3 N–H and O–H groups in total. The van der Waals surface area contributed by atoms with Gasteiger partial charge in [0.15, 0.2) is 0 Å². The van der Waals surface area contributed by atoms with Crippen LogP contribution in [0.15, 0.2) is 47.3 Å². The van der Waals surface area contributed by atoms with E-state index in [1.165, 1.54) is 0 Å². The van der Waals surface area contributed by atoms with Crippen LogP contribution in [-0.4, -0.2) is 14.2 Å². The minimum Gasteiger partial charge on any atom is -0.386 e. The van der Waals surface area contributed by atoms with E-state index in [1.54, 1.807) is 11.6 Å². The van der Waals surface area contributed by atoms with Crippen LogP contribution in [0.3, 0.4) is 0 Å². The van der Waals surface area contributed by atoms with Crippen LogP contribution < -0.4 is 11.4 Å². The van der Waals surface area contributed by atoms with Gasteiger partial charge in [0, 0.05) is 18.7 Å². The molecule has 0 radical (unpaired) electrons. The van der Waals surface area contributed by atoms with Crippen LogP contribution in [0.5, 0.6) is 0 Å². The number of para-hydroxylation sites is 1. The van der Waals surface area contributed by atoms with Crippen LogP contribution >= 0.6 is 12.4 Å². The van der Waals surface area contributed by atoms with Gasteiger partial charge < -0.3 is 10.8 Å². The molecule has 0 bridgehead atoms. The van der Waals surface area contributed by atoms with Crippen molar-refractivity contribution in [3.05, 3.63) is 69.6 Å². The van der Waals surface area contributed by atoms with E-state index in [0.29, 0.717) is 5.56 Å². The highest BCUT2D eigenvalue weighted by atomic mass is 35.5. The Morgan fingerprint density at radius 2 is 1.82 bits per heavy atom. The molecular formula is C22H28ClN3O2. The van der Waals surface area contributed by atoms with Gasteiger partial charge in [-0.2, -0.15) is 0 Å². The van der Waals surface area contributed by atoms with E-state index in [-0.39, 0.29) is 24.1 Å². The number of halogens is 1. The van der Waals surface area contributed by atoms with Crippen LogP contribution in [0.4, 0.5) is 0 Å². The van der Waals surface area contributed by atoms with Crippen LogP contribution in [0.1, 0.15) is 60.6 Å². The fourth-order valence-corrected chi connectivity index (χ4v) is 4.48. The predicted molar refractivity (Wildman–Crippen MR) is 115 cm³/mol. The second-order valence-corrected chi connectivity index (χ2v) is 7.75. The summed E-state index contributed by atoms with van der Waals surface area (Å²) in [5, 5.41) is 11.1. The van der Waals surface area contributed by atoms with Gasteiger partial charge in [0.25, 0.3) is 0 Å². The van der Waals surface area contributed by atoms with E-state index in [0.717, 1.165) is 47.8 Å². The topological polar surface area (TPSA) is 73.2 Å². The van der Waals surface area contributed by atoms with Gasteiger partial charge in [-0.15, -0.1) is 12.4 Å². The summed E-state index contributed by atoms with van der Waals surface area (Å²) < 4.78 is 3.58. The summed E-state index contributed by atoms with van der Waals surface area (Å²) in [4.78, 5) is 12.9. The monoisotopic (exact) mass is 401 g/mol. The maximum Gasteiger partial charge on any atom is 0.329 e. The molecule has 5 nitrogen and oxygen atoms in total. The molecule has 1 aliphatic rings. The average molecular weight is 402 g/mol. The molecule has 0 aliphatic heterocycles. The third kappa shape index (κ3) is 3.39. The number of aromatic nitrogens is 2. The molecule has 3 aromatic rings. The second-order valence-electron chi connectivity index (χ2n) is 7.75. The Labute approximate surface area is 171 Å². The van der Waals surface area contributed by atoms with Crippen LogP contribution in [-0.2, 0) is 7.05 Å². The number of rotatable bonds is 4. The molecule has 0 spiro atoms.